The van der Waals surface area contributed by atoms with Crippen molar-refractivity contribution in [1.29, 1.82) is 5.26 Å². The summed E-state index contributed by atoms with van der Waals surface area (Å²) in [6.45, 7) is 0. The topological polar surface area (TPSA) is 63.0 Å². The van der Waals surface area contributed by atoms with E-state index in [9.17, 15) is 13.6 Å². The number of rotatable bonds is 2. The first-order valence-electron chi connectivity index (χ1n) is 3.97. The minimum absolute atomic E-state index is 0.231. The first-order chi connectivity index (χ1) is 7.52. The number of pyridine rings is 1. The summed E-state index contributed by atoms with van der Waals surface area (Å²) in [6.07, 6.45) is -2.08. The number of halogens is 3. The second kappa shape index (κ2) is 4.86. The van der Waals surface area contributed by atoms with Gasteiger partial charge < -0.3 is 4.74 Å². The standard InChI is InChI=1S/C9H5ClF2N2O2/c1-16-9(15)7-6(8(11)12)4(2-13)5(10)3-14-7/h3,8H,1H3. The van der Waals surface area contributed by atoms with Crippen LogP contribution in [0.5, 0.6) is 0 Å². The van der Waals surface area contributed by atoms with Gasteiger partial charge in [-0.3, -0.25) is 0 Å². The number of carbonyl (C=O) groups excluding carboxylic acids is 1. The summed E-state index contributed by atoms with van der Waals surface area (Å²) in [7, 11) is 1.03. The van der Waals surface area contributed by atoms with Crippen LogP contribution in [0.1, 0.15) is 28.0 Å². The van der Waals surface area contributed by atoms with Crippen molar-refractivity contribution in [2.75, 3.05) is 7.11 Å². The molecule has 0 fully saturated rings. The van der Waals surface area contributed by atoms with Gasteiger partial charge >= 0.3 is 5.97 Å². The predicted molar refractivity (Wildman–Crippen MR) is 50.3 cm³/mol. The van der Waals surface area contributed by atoms with Crippen LogP contribution in [0.25, 0.3) is 0 Å². The van der Waals surface area contributed by atoms with Gasteiger partial charge in [-0.2, -0.15) is 5.26 Å². The van der Waals surface area contributed by atoms with Gasteiger partial charge in [0, 0.05) is 6.20 Å². The molecule has 0 aliphatic rings. The van der Waals surface area contributed by atoms with E-state index < -0.39 is 29.2 Å². The molecule has 0 spiro atoms. The van der Waals surface area contributed by atoms with E-state index in [4.69, 9.17) is 16.9 Å². The van der Waals surface area contributed by atoms with Gasteiger partial charge in [0.1, 0.15) is 6.07 Å². The van der Waals surface area contributed by atoms with Crippen molar-refractivity contribution in [3.8, 4) is 6.07 Å². The van der Waals surface area contributed by atoms with Gasteiger partial charge in [-0.1, -0.05) is 11.6 Å². The molecule has 0 unspecified atom stereocenters. The number of aromatic nitrogens is 1. The monoisotopic (exact) mass is 246 g/mol. The Bertz CT molecular complexity index is 471. The Morgan fingerprint density at radius 1 is 1.69 bits per heavy atom. The highest BCUT2D eigenvalue weighted by atomic mass is 35.5. The Balaban J connectivity index is 3.53. The molecular formula is C9H5ClF2N2O2. The maximum absolute atomic E-state index is 12.7. The summed E-state index contributed by atoms with van der Waals surface area (Å²) >= 11 is 5.52. The second-order valence-electron chi connectivity index (χ2n) is 2.65. The van der Waals surface area contributed by atoms with E-state index in [1.54, 1.807) is 0 Å². The molecule has 1 aromatic heterocycles. The summed E-state index contributed by atoms with van der Waals surface area (Å²) in [5, 5.41) is 8.45. The lowest BCUT2D eigenvalue weighted by atomic mass is 10.1. The molecule has 0 aliphatic heterocycles. The number of alkyl halides is 2. The number of nitrogens with zero attached hydrogens (tertiary/aromatic N) is 2. The van der Waals surface area contributed by atoms with Crippen molar-refractivity contribution in [3.05, 3.63) is 28.0 Å². The molecule has 4 nitrogen and oxygen atoms in total. The van der Waals surface area contributed by atoms with Crippen LogP contribution in [0.2, 0.25) is 5.02 Å². The third kappa shape index (κ3) is 2.09. The lowest BCUT2D eigenvalue weighted by Crippen LogP contribution is -2.11. The second-order valence-corrected chi connectivity index (χ2v) is 3.05. The number of methoxy groups -OCH3 is 1. The molecule has 84 valence electrons. The predicted octanol–water partition coefficient (Wildman–Crippen LogP) is 2.33. The molecule has 0 saturated carbocycles. The fourth-order valence-electron chi connectivity index (χ4n) is 1.09. The maximum atomic E-state index is 12.7. The molecule has 0 saturated heterocycles. The van der Waals surface area contributed by atoms with Gasteiger partial charge in [-0.05, 0) is 0 Å². The van der Waals surface area contributed by atoms with Crippen LogP contribution in [0, 0.1) is 11.3 Å². The molecule has 1 heterocycles. The zero-order valence-electron chi connectivity index (χ0n) is 8.00. The van der Waals surface area contributed by atoms with E-state index in [0.717, 1.165) is 13.3 Å². The van der Waals surface area contributed by atoms with Crippen LogP contribution in [0.4, 0.5) is 8.78 Å². The van der Waals surface area contributed by atoms with Crippen molar-refractivity contribution < 1.29 is 18.3 Å². The van der Waals surface area contributed by atoms with Gasteiger partial charge in [0.2, 0.25) is 0 Å². The van der Waals surface area contributed by atoms with Crippen molar-refractivity contribution in [2.45, 2.75) is 6.43 Å². The van der Waals surface area contributed by atoms with E-state index in [2.05, 4.69) is 9.72 Å². The van der Waals surface area contributed by atoms with Crippen molar-refractivity contribution >= 4 is 17.6 Å². The average molecular weight is 247 g/mol. The number of hydrogen-bond acceptors (Lipinski definition) is 4. The van der Waals surface area contributed by atoms with Crippen LogP contribution in [-0.4, -0.2) is 18.1 Å². The lowest BCUT2D eigenvalue weighted by molar-refractivity contribution is 0.0581. The molecular weight excluding hydrogens is 242 g/mol. The molecule has 16 heavy (non-hydrogen) atoms. The van der Waals surface area contributed by atoms with Gasteiger partial charge in [0.15, 0.2) is 5.69 Å². The molecule has 0 aliphatic carbocycles. The quantitative estimate of drug-likeness (QED) is 0.752. The molecule has 7 heteroatoms. The Morgan fingerprint density at radius 2 is 2.31 bits per heavy atom. The summed E-state index contributed by atoms with van der Waals surface area (Å²) in [4.78, 5) is 14.6. The summed E-state index contributed by atoms with van der Waals surface area (Å²) in [5.41, 5.74) is -1.87. The number of ether oxygens (including phenoxy) is 1. The van der Waals surface area contributed by atoms with Crippen molar-refractivity contribution in [3.63, 3.8) is 0 Å². The minimum atomic E-state index is -3.03. The summed E-state index contributed by atoms with van der Waals surface area (Å²) < 4.78 is 29.7. The Kier molecular flexibility index (Phi) is 3.74. The average Bonchev–Trinajstić information content (AvgIpc) is 2.27. The van der Waals surface area contributed by atoms with Crippen LogP contribution in [0.3, 0.4) is 0 Å². The smallest absolute Gasteiger partial charge is 0.357 e. The highest BCUT2D eigenvalue weighted by Crippen LogP contribution is 2.29. The first kappa shape index (κ1) is 12.3. The van der Waals surface area contributed by atoms with Crippen LogP contribution in [0.15, 0.2) is 6.20 Å². The number of hydrogen-bond donors (Lipinski definition) is 0. The maximum Gasteiger partial charge on any atom is 0.357 e. The number of esters is 1. The Labute approximate surface area is 94.4 Å². The summed E-state index contributed by atoms with van der Waals surface area (Å²) in [6, 6.07) is 1.50. The van der Waals surface area contributed by atoms with Gasteiger partial charge in [0.25, 0.3) is 6.43 Å². The van der Waals surface area contributed by atoms with Crippen LogP contribution in [-0.2, 0) is 4.74 Å². The molecule has 0 atom stereocenters. The molecule has 0 bridgehead atoms. The third-order valence-corrected chi connectivity index (χ3v) is 2.07. The molecule has 0 aromatic carbocycles. The fraction of sp³-hybridized carbons (Fsp3) is 0.222. The van der Waals surface area contributed by atoms with E-state index in [-0.39, 0.29) is 5.02 Å². The lowest BCUT2D eigenvalue weighted by Gasteiger charge is -2.08. The van der Waals surface area contributed by atoms with Gasteiger partial charge in [-0.25, -0.2) is 18.6 Å². The van der Waals surface area contributed by atoms with Crippen molar-refractivity contribution in [2.24, 2.45) is 0 Å². The molecule has 1 aromatic rings. The molecule has 0 N–H and O–H groups in total. The fourth-order valence-corrected chi connectivity index (χ4v) is 1.28. The largest absolute Gasteiger partial charge is 0.464 e. The van der Waals surface area contributed by atoms with E-state index in [1.165, 1.54) is 6.07 Å². The van der Waals surface area contributed by atoms with E-state index >= 15 is 0 Å². The molecule has 0 amide bonds. The SMILES string of the molecule is COC(=O)c1ncc(Cl)c(C#N)c1C(F)F. The van der Waals surface area contributed by atoms with Crippen molar-refractivity contribution in [1.82, 2.24) is 4.98 Å². The number of nitriles is 1. The van der Waals surface area contributed by atoms with Crippen LogP contribution >= 0.6 is 11.6 Å². The zero-order valence-corrected chi connectivity index (χ0v) is 8.76. The van der Waals surface area contributed by atoms with Gasteiger partial charge in [0.05, 0.1) is 23.3 Å². The highest BCUT2D eigenvalue weighted by molar-refractivity contribution is 6.31. The number of carbonyl (C=O) groups is 1. The third-order valence-electron chi connectivity index (χ3n) is 1.78. The Hall–Kier alpha value is -1.74. The van der Waals surface area contributed by atoms with E-state index in [1.807, 2.05) is 0 Å². The van der Waals surface area contributed by atoms with Gasteiger partial charge in [-0.15, -0.1) is 0 Å². The first-order valence-corrected chi connectivity index (χ1v) is 4.35. The Morgan fingerprint density at radius 3 is 2.75 bits per heavy atom. The zero-order chi connectivity index (χ0) is 12.3. The normalized spacial score (nSPS) is 10.0. The summed E-state index contributed by atoms with van der Waals surface area (Å²) in [5.74, 6) is -1.04. The molecule has 0 radical (unpaired) electrons. The van der Waals surface area contributed by atoms with Crippen LogP contribution < -0.4 is 0 Å². The minimum Gasteiger partial charge on any atom is -0.464 e. The molecule has 1 rings (SSSR count). The van der Waals surface area contributed by atoms with E-state index in [0.29, 0.717) is 0 Å². The highest BCUT2D eigenvalue weighted by Gasteiger charge is 2.26.